The number of carbonyl (C=O) groups is 2. The van der Waals surface area contributed by atoms with Crippen molar-refractivity contribution in [1.29, 1.82) is 0 Å². The van der Waals surface area contributed by atoms with Crippen LogP contribution in [0.5, 0.6) is 0 Å². The van der Waals surface area contributed by atoms with E-state index in [9.17, 15) is 19.0 Å². The number of hydrogen-bond acceptors (Lipinski definition) is 7. The summed E-state index contributed by atoms with van der Waals surface area (Å²) in [5.41, 5.74) is 0. The topological polar surface area (TPSA) is 108 Å². The Morgan fingerprint density at radius 3 is 0.966 bits per heavy atom. The molecule has 0 aromatic heterocycles. The van der Waals surface area contributed by atoms with Crippen molar-refractivity contribution in [3.63, 3.8) is 0 Å². The lowest BCUT2D eigenvalue weighted by molar-refractivity contribution is -0.870. The van der Waals surface area contributed by atoms with E-state index in [-0.39, 0.29) is 32.0 Å². The van der Waals surface area contributed by atoms with Crippen molar-refractivity contribution in [2.45, 2.75) is 302 Å². The summed E-state index contributed by atoms with van der Waals surface area (Å²) in [6, 6.07) is 0. The van der Waals surface area contributed by atoms with Gasteiger partial charge < -0.3 is 18.9 Å². The molecule has 0 aromatic carbocycles. The van der Waals surface area contributed by atoms with Crippen LogP contribution < -0.4 is 0 Å². The minimum Gasteiger partial charge on any atom is -0.462 e. The summed E-state index contributed by atoms with van der Waals surface area (Å²) in [4.78, 5) is 35.9. The molecule has 0 bridgehead atoms. The maximum Gasteiger partial charge on any atom is 0.472 e. The highest BCUT2D eigenvalue weighted by atomic mass is 31.2. The highest BCUT2D eigenvalue weighted by Crippen LogP contribution is 2.43. The first-order valence-electron chi connectivity index (χ1n) is 35.9. The number of rotatable bonds is 65. The van der Waals surface area contributed by atoms with E-state index in [1.807, 2.05) is 21.1 Å². The number of phosphoric acid groups is 1. The first kappa shape index (κ1) is 84.2. The molecule has 0 radical (unpaired) electrons. The maximum atomic E-state index is 12.9. The quantitative estimate of drug-likeness (QED) is 0.0211. The van der Waals surface area contributed by atoms with E-state index >= 15 is 0 Å². The van der Waals surface area contributed by atoms with Gasteiger partial charge in [0.2, 0.25) is 0 Å². The summed E-state index contributed by atoms with van der Waals surface area (Å²) in [5.74, 6) is -0.834. The molecule has 0 aliphatic carbocycles. The zero-order chi connectivity index (χ0) is 64.1. The normalized spacial score (nSPS) is 13.9. The molecular weight excluding hydrogens is 1110 g/mol. The zero-order valence-corrected chi connectivity index (χ0v) is 58.3. The average molecular weight is 1250 g/mol. The first-order chi connectivity index (χ1) is 43.0. The monoisotopic (exact) mass is 1240 g/mol. The first-order valence-corrected chi connectivity index (χ1v) is 37.4. The Morgan fingerprint density at radius 2 is 0.648 bits per heavy atom. The maximum absolute atomic E-state index is 12.9. The van der Waals surface area contributed by atoms with Gasteiger partial charge in [0, 0.05) is 12.8 Å². The second-order valence-electron chi connectivity index (χ2n) is 24.9. The van der Waals surface area contributed by atoms with Crippen LogP contribution in [0.4, 0.5) is 0 Å². The van der Waals surface area contributed by atoms with Crippen LogP contribution in [0.1, 0.15) is 296 Å². The lowest BCUT2D eigenvalue weighted by Crippen LogP contribution is -2.37. The van der Waals surface area contributed by atoms with E-state index in [0.717, 1.165) is 109 Å². The summed E-state index contributed by atoms with van der Waals surface area (Å²) in [6.45, 7) is 4.30. The molecule has 9 nitrogen and oxygen atoms in total. The number of ether oxygens (including phenoxy) is 2. The number of allylic oxidation sites excluding steroid dienone is 22. The number of carbonyl (C=O) groups excluding carboxylic acids is 2. The number of quaternary nitrogens is 1. The molecule has 0 saturated carbocycles. The van der Waals surface area contributed by atoms with E-state index in [1.165, 1.54) is 154 Å². The van der Waals surface area contributed by atoms with Crippen LogP contribution >= 0.6 is 7.82 Å². The summed E-state index contributed by atoms with van der Waals surface area (Å²) >= 11 is 0. The largest absolute Gasteiger partial charge is 0.472 e. The van der Waals surface area contributed by atoms with Gasteiger partial charge in [-0.25, -0.2) is 4.57 Å². The van der Waals surface area contributed by atoms with Gasteiger partial charge in [-0.15, -0.1) is 0 Å². The Bertz CT molecular complexity index is 1950. The predicted molar refractivity (Wildman–Crippen MR) is 381 cm³/mol. The van der Waals surface area contributed by atoms with E-state index < -0.39 is 26.5 Å². The third kappa shape index (κ3) is 71.2. The van der Waals surface area contributed by atoms with Crippen LogP contribution in [0, 0.1) is 0 Å². The molecule has 0 amide bonds. The van der Waals surface area contributed by atoms with Gasteiger partial charge in [-0.2, -0.15) is 0 Å². The lowest BCUT2D eigenvalue weighted by atomic mass is 10.0. The SMILES string of the molecule is CC/C=C\C/C=C\C/C=C\C/C=C\C/C=C\C/C=C\C/C=C\C/C=C\C/C=C\C/C=C\C/C=C\CCCCCC(=O)OC(COC(=O)CCCCCCCCCCCCCCCCCCCCCCCCCCCCC)COP(=O)(O)OCC[N+](C)(C)C. The molecule has 0 aliphatic heterocycles. The fourth-order valence-corrected chi connectivity index (χ4v) is 10.5. The summed E-state index contributed by atoms with van der Waals surface area (Å²) < 4.78 is 34.7. The Kier molecular flexibility index (Phi) is 64.6. The minimum atomic E-state index is -4.41. The van der Waals surface area contributed by atoms with Crippen LogP contribution in [0.2, 0.25) is 0 Å². The van der Waals surface area contributed by atoms with E-state index in [0.29, 0.717) is 17.4 Å². The smallest absolute Gasteiger partial charge is 0.462 e. The molecule has 0 heterocycles. The third-order valence-corrected chi connectivity index (χ3v) is 16.2. The Hall–Kier alpha value is -3.85. The van der Waals surface area contributed by atoms with Crippen LogP contribution in [0.25, 0.3) is 0 Å². The number of esters is 2. The summed E-state index contributed by atoms with van der Waals surface area (Å²) in [5, 5.41) is 0. The average Bonchev–Trinajstić information content (AvgIpc) is 3.68. The molecule has 0 aliphatic rings. The van der Waals surface area contributed by atoms with Crippen molar-refractivity contribution >= 4 is 19.8 Å². The minimum absolute atomic E-state index is 0.0195. The van der Waals surface area contributed by atoms with E-state index in [4.69, 9.17) is 18.5 Å². The van der Waals surface area contributed by atoms with Crippen molar-refractivity contribution in [3.8, 4) is 0 Å². The highest BCUT2D eigenvalue weighted by Gasteiger charge is 2.27. The van der Waals surface area contributed by atoms with Crippen molar-refractivity contribution in [2.75, 3.05) is 47.5 Å². The second-order valence-corrected chi connectivity index (χ2v) is 26.4. The molecular formula is C78H135NO8P+. The number of unbranched alkanes of at least 4 members (excludes halogenated alkanes) is 29. The summed E-state index contributed by atoms with van der Waals surface area (Å²) in [6.07, 6.45) is 98.5. The van der Waals surface area contributed by atoms with Crippen LogP contribution in [0.15, 0.2) is 134 Å². The van der Waals surface area contributed by atoms with Crippen LogP contribution in [-0.2, 0) is 32.7 Å². The number of hydrogen-bond donors (Lipinski definition) is 1. The zero-order valence-electron chi connectivity index (χ0n) is 57.4. The summed E-state index contributed by atoms with van der Waals surface area (Å²) in [7, 11) is 1.45. The Morgan fingerprint density at radius 1 is 0.364 bits per heavy atom. The molecule has 504 valence electrons. The fraction of sp³-hybridized carbons (Fsp3) is 0.692. The standard InChI is InChI=1S/C78H134NO8P/c1-6-8-10-12-14-16-18-20-22-24-26-28-30-32-34-35-36-37-38-39-40-41-42-43-45-47-49-51-53-55-57-59-61-63-65-67-69-71-78(81)87-76(75-86-88(82,83)85-73-72-79(3,4)5)74-84-77(80)70-68-66-64-62-60-58-56-54-52-50-48-46-44-33-31-29-27-25-23-21-19-17-15-13-11-9-7-2/h8,10,14,16,20,22,26,28,32,34,36-37,39-40,42-43,47,49,53,55,59,61,76H,6-7,9,11-13,15,17-19,21,23-25,27,29-31,33,35,38,41,44-46,48,50-52,54,56-58,60,62-75H2,1-5H3/p+1/b10-8-,16-14-,22-20-,28-26-,34-32-,37-36-,40-39-,43-42-,49-47-,55-53-,61-59-. The number of phosphoric ester groups is 1. The molecule has 0 spiro atoms. The van der Waals surface area contributed by atoms with Gasteiger partial charge in [0.25, 0.3) is 0 Å². The van der Waals surface area contributed by atoms with Gasteiger partial charge in [-0.05, 0) is 96.3 Å². The van der Waals surface area contributed by atoms with Gasteiger partial charge in [0.1, 0.15) is 19.8 Å². The van der Waals surface area contributed by atoms with Crippen LogP contribution in [0.3, 0.4) is 0 Å². The second kappa shape index (κ2) is 67.5. The molecule has 0 saturated heterocycles. The number of nitrogens with zero attached hydrogens (tertiary/aromatic N) is 1. The number of likely N-dealkylation sites (N-methyl/N-ethyl adjacent to an activating group) is 1. The van der Waals surface area contributed by atoms with Crippen molar-refractivity contribution in [2.24, 2.45) is 0 Å². The molecule has 0 fully saturated rings. The molecule has 88 heavy (non-hydrogen) atoms. The molecule has 2 unspecified atom stereocenters. The molecule has 1 N–H and O–H groups in total. The third-order valence-electron chi connectivity index (χ3n) is 15.2. The van der Waals surface area contributed by atoms with Gasteiger partial charge in [0.15, 0.2) is 6.10 Å². The molecule has 10 heteroatoms. The van der Waals surface area contributed by atoms with E-state index in [1.54, 1.807) is 0 Å². The Labute approximate surface area is 542 Å². The predicted octanol–water partition coefficient (Wildman–Crippen LogP) is 23.6. The van der Waals surface area contributed by atoms with E-state index in [2.05, 4.69) is 148 Å². The molecule has 2 atom stereocenters. The van der Waals surface area contributed by atoms with Gasteiger partial charge in [-0.3, -0.25) is 18.6 Å². The van der Waals surface area contributed by atoms with Crippen molar-refractivity contribution in [1.82, 2.24) is 0 Å². The fourth-order valence-electron chi connectivity index (χ4n) is 9.73. The van der Waals surface area contributed by atoms with Crippen molar-refractivity contribution in [3.05, 3.63) is 134 Å². The van der Waals surface area contributed by atoms with Crippen LogP contribution in [-0.4, -0.2) is 74.9 Å². The van der Waals surface area contributed by atoms with Gasteiger partial charge in [0.05, 0.1) is 27.7 Å². The van der Waals surface area contributed by atoms with Gasteiger partial charge in [-0.1, -0.05) is 321 Å². The molecule has 0 aromatic rings. The highest BCUT2D eigenvalue weighted by molar-refractivity contribution is 7.47. The lowest BCUT2D eigenvalue weighted by Gasteiger charge is -2.24. The Balaban J connectivity index is 4.16. The van der Waals surface area contributed by atoms with Crippen molar-refractivity contribution < 1.29 is 42.1 Å². The van der Waals surface area contributed by atoms with Gasteiger partial charge >= 0.3 is 19.8 Å². The molecule has 0 rings (SSSR count).